The number of aliphatic hydroxyl groups is 2. The fourth-order valence-corrected chi connectivity index (χ4v) is 2.38. The number of ether oxygens (including phenoxy) is 2. The van der Waals surface area contributed by atoms with Gasteiger partial charge in [0.25, 0.3) is 5.56 Å². The van der Waals surface area contributed by atoms with Crippen molar-refractivity contribution in [3.05, 3.63) is 33.1 Å². The molecule has 8 nitrogen and oxygen atoms in total. The van der Waals surface area contributed by atoms with Gasteiger partial charge in [0.2, 0.25) is 0 Å². The predicted octanol–water partition coefficient (Wildman–Crippen LogP) is -2.44. The van der Waals surface area contributed by atoms with E-state index in [0.717, 1.165) is 4.57 Å². The number of nitrogens with one attached hydrogen (secondary N) is 1. The Kier molecular flexibility index (Phi) is 2.42. The van der Waals surface area contributed by atoms with Crippen LogP contribution in [0.3, 0.4) is 0 Å². The summed E-state index contributed by atoms with van der Waals surface area (Å²) in [5.41, 5.74) is -2.35. The minimum atomic E-state index is -1.19. The van der Waals surface area contributed by atoms with Crippen molar-refractivity contribution in [1.82, 2.24) is 9.55 Å². The molecule has 2 aliphatic rings. The van der Waals surface area contributed by atoms with Gasteiger partial charge < -0.3 is 19.7 Å². The van der Waals surface area contributed by atoms with Gasteiger partial charge in [0, 0.05) is 12.3 Å². The third kappa shape index (κ3) is 1.40. The first-order valence-electron chi connectivity index (χ1n) is 5.47. The standard InChI is InChI=1S/C10H12N2O6/c13-3-10-4-17-6(7(10)15)8(18-10)12-2-1-5(14)11-9(12)16/h1-2,6-8,13,15H,3-4H2,(H,11,14,16)/t6-,7?,8?,10+/m0/s1. The number of nitrogens with zero attached hydrogens (tertiary/aromatic N) is 1. The van der Waals surface area contributed by atoms with Crippen LogP contribution in [0.25, 0.3) is 0 Å². The SMILES string of the molecule is O=c1ccn(C2O[C@]3(CO)CO[C@H]2C3O)c(=O)[nH]1. The molecule has 8 heteroatoms. The van der Waals surface area contributed by atoms with Gasteiger partial charge in [-0.2, -0.15) is 0 Å². The Morgan fingerprint density at radius 1 is 1.56 bits per heavy atom. The van der Waals surface area contributed by atoms with Crippen molar-refractivity contribution in [2.45, 2.75) is 24.0 Å². The summed E-state index contributed by atoms with van der Waals surface area (Å²) in [6, 6.07) is 1.18. The molecule has 3 heterocycles. The van der Waals surface area contributed by atoms with E-state index in [-0.39, 0.29) is 6.61 Å². The van der Waals surface area contributed by atoms with E-state index in [0.29, 0.717) is 0 Å². The quantitative estimate of drug-likeness (QED) is 0.541. The number of aromatic nitrogens is 2. The molecular formula is C10H12N2O6. The number of hydrogen-bond acceptors (Lipinski definition) is 6. The lowest BCUT2D eigenvalue weighted by atomic mass is 10.0. The summed E-state index contributed by atoms with van der Waals surface area (Å²) in [5.74, 6) is 0. The first-order valence-corrected chi connectivity index (χ1v) is 5.47. The normalized spacial score (nSPS) is 38.2. The van der Waals surface area contributed by atoms with Gasteiger partial charge in [0.15, 0.2) is 6.23 Å². The Labute approximate surface area is 100 Å². The molecule has 0 aromatic carbocycles. The molecule has 0 radical (unpaired) electrons. The fourth-order valence-electron chi connectivity index (χ4n) is 2.38. The molecule has 3 N–H and O–H groups in total. The van der Waals surface area contributed by atoms with Gasteiger partial charge in [0.1, 0.15) is 17.8 Å². The third-order valence-corrected chi connectivity index (χ3v) is 3.40. The van der Waals surface area contributed by atoms with E-state index in [1.165, 1.54) is 12.3 Å². The summed E-state index contributed by atoms with van der Waals surface area (Å²) in [6.45, 7) is -0.330. The summed E-state index contributed by atoms with van der Waals surface area (Å²) >= 11 is 0. The minimum absolute atomic E-state index is 0.0734. The first kappa shape index (κ1) is 11.6. The zero-order chi connectivity index (χ0) is 12.9. The molecule has 1 aromatic heterocycles. The number of rotatable bonds is 2. The van der Waals surface area contributed by atoms with Crippen molar-refractivity contribution in [2.75, 3.05) is 13.2 Å². The van der Waals surface area contributed by atoms with Crippen LogP contribution in [0.2, 0.25) is 0 Å². The maximum atomic E-state index is 11.6. The average Bonchev–Trinajstić information content (AvgIpc) is 2.81. The molecule has 2 fully saturated rings. The number of aromatic amines is 1. The minimum Gasteiger partial charge on any atom is -0.393 e. The largest absolute Gasteiger partial charge is 0.393 e. The zero-order valence-electron chi connectivity index (χ0n) is 9.28. The fraction of sp³-hybridized carbons (Fsp3) is 0.600. The van der Waals surface area contributed by atoms with E-state index >= 15 is 0 Å². The van der Waals surface area contributed by atoms with Crippen LogP contribution in [-0.2, 0) is 9.47 Å². The van der Waals surface area contributed by atoms with E-state index in [4.69, 9.17) is 9.47 Å². The van der Waals surface area contributed by atoms with Crippen molar-refractivity contribution < 1.29 is 19.7 Å². The molecule has 0 amide bonds. The molecule has 2 unspecified atom stereocenters. The van der Waals surface area contributed by atoms with Crippen molar-refractivity contribution >= 4 is 0 Å². The second kappa shape index (κ2) is 3.75. The van der Waals surface area contributed by atoms with Gasteiger partial charge in [0.05, 0.1) is 13.2 Å². The van der Waals surface area contributed by atoms with Crippen LogP contribution < -0.4 is 11.2 Å². The molecule has 0 aliphatic carbocycles. The van der Waals surface area contributed by atoms with Crippen molar-refractivity contribution in [1.29, 1.82) is 0 Å². The third-order valence-electron chi connectivity index (χ3n) is 3.40. The van der Waals surface area contributed by atoms with Crippen molar-refractivity contribution in [3.8, 4) is 0 Å². The first-order chi connectivity index (χ1) is 8.57. The highest BCUT2D eigenvalue weighted by Gasteiger charge is 2.61. The molecule has 3 rings (SSSR count). The Bertz CT molecular complexity index is 580. The summed E-state index contributed by atoms with van der Waals surface area (Å²) < 4.78 is 12.0. The van der Waals surface area contributed by atoms with E-state index < -0.39 is 41.9 Å². The molecule has 2 saturated heterocycles. The van der Waals surface area contributed by atoms with Crippen molar-refractivity contribution in [2.24, 2.45) is 0 Å². The Morgan fingerprint density at radius 2 is 2.33 bits per heavy atom. The molecule has 2 bridgehead atoms. The molecule has 4 atom stereocenters. The van der Waals surface area contributed by atoms with Crippen LogP contribution >= 0.6 is 0 Å². The summed E-state index contributed by atoms with van der Waals surface area (Å²) in [7, 11) is 0. The van der Waals surface area contributed by atoms with Crippen LogP contribution in [0.15, 0.2) is 21.9 Å². The molecule has 18 heavy (non-hydrogen) atoms. The van der Waals surface area contributed by atoms with Gasteiger partial charge in [-0.1, -0.05) is 0 Å². The lowest BCUT2D eigenvalue weighted by molar-refractivity contribution is -0.187. The summed E-state index contributed by atoms with van der Waals surface area (Å²) in [4.78, 5) is 24.7. The van der Waals surface area contributed by atoms with E-state index in [9.17, 15) is 19.8 Å². The van der Waals surface area contributed by atoms with Crippen LogP contribution in [-0.4, -0.2) is 50.8 Å². The van der Waals surface area contributed by atoms with E-state index in [2.05, 4.69) is 4.98 Å². The van der Waals surface area contributed by atoms with Crippen LogP contribution in [0, 0.1) is 0 Å². The average molecular weight is 256 g/mol. The number of H-pyrrole nitrogens is 1. The second-order valence-electron chi connectivity index (χ2n) is 4.47. The monoisotopic (exact) mass is 256 g/mol. The van der Waals surface area contributed by atoms with Gasteiger partial charge >= 0.3 is 5.69 Å². The smallest absolute Gasteiger partial charge is 0.330 e. The second-order valence-corrected chi connectivity index (χ2v) is 4.47. The number of fused-ring (bicyclic) bond motifs is 2. The van der Waals surface area contributed by atoms with Gasteiger partial charge in [-0.25, -0.2) is 4.79 Å². The maximum absolute atomic E-state index is 11.6. The lowest BCUT2D eigenvalue weighted by Crippen LogP contribution is -2.44. The highest BCUT2D eigenvalue weighted by atomic mass is 16.7. The molecule has 0 spiro atoms. The van der Waals surface area contributed by atoms with Crippen LogP contribution in [0.5, 0.6) is 0 Å². The van der Waals surface area contributed by atoms with Crippen LogP contribution in [0.1, 0.15) is 6.23 Å². The molecule has 1 aromatic rings. The molecular weight excluding hydrogens is 244 g/mol. The number of aliphatic hydroxyl groups excluding tert-OH is 2. The van der Waals surface area contributed by atoms with Crippen LogP contribution in [0.4, 0.5) is 0 Å². The van der Waals surface area contributed by atoms with Gasteiger partial charge in [-0.15, -0.1) is 0 Å². The summed E-state index contributed by atoms with van der Waals surface area (Å²) in [6.07, 6.45) is -1.33. The number of hydrogen-bond donors (Lipinski definition) is 3. The molecule has 98 valence electrons. The maximum Gasteiger partial charge on any atom is 0.330 e. The zero-order valence-corrected chi connectivity index (χ0v) is 9.28. The van der Waals surface area contributed by atoms with Gasteiger partial charge in [-0.05, 0) is 0 Å². The highest BCUT2D eigenvalue weighted by molar-refractivity contribution is 5.07. The highest BCUT2D eigenvalue weighted by Crippen LogP contribution is 2.43. The van der Waals surface area contributed by atoms with Gasteiger partial charge in [-0.3, -0.25) is 14.3 Å². The van der Waals surface area contributed by atoms with E-state index in [1.807, 2.05) is 0 Å². The molecule has 2 aliphatic heterocycles. The summed E-state index contributed by atoms with van der Waals surface area (Å²) in [5, 5.41) is 19.2. The predicted molar refractivity (Wildman–Crippen MR) is 57.0 cm³/mol. The topological polar surface area (TPSA) is 114 Å². The Hall–Kier alpha value is -1.48. The Morgan fingerprint density at radius 3 is 2.94 bits per heavy atom. The van der Waals surface area contributed by atoms with Crippen molar-refractivity contribution in [3.63, 3.8) is 0 Å². The van der Waals surface area contributed by atoms with E-state index in [1.54, 1.807) is 0 Å². The molecule has 0 saturated carbocycles. The lowest BCUT2D eigenvalue weighted by Gasteiger charge is -2.29. The Balaban J connectivity index is 2.01.